The van der Waals surface area contributed by atoms with Crippen LogP contribution in [0.25, 0.3) is 0 Å². The maximum atomic E-state index is 12.2. The Kier molecular flexibility index (Phi) is 3.46. The average molecular weight is 243 g/mol. The van der Waals surface area contributed by atoms with Crippen molar-refractivity contribution in [3.8, 4) is 0 Å². The van der Waals surface area contributed by atoms with E-state index in [9.17, 15) is 4.79 Å². The quantitative estimate of drug-likeness (QED) is 0.796. The second-order valence-electron chi connectivity index (χ2n) is 5.76. The zero-order valence-corrected chi connectivity index (χ0v) is 10.8. The molecule has 2 bridgehead atoms. The van der Waals surface area contributed by atoms with Gasteiger partial charge in [-0.1, -0.05) is 43.2 Å². The molecule has 2 nitrogen and oxygen atoms in total. The van der Waals surface area contributed by atoms with E-state index >= 15 is 0 Å². The molecule has 2 heteroatoms. The number of piperidine rings is 1. The molecule has 1 aromatic carbocycles. The van der Waals surface area contributed by atoms with Crippen molar-refractivity contribution < 1.29 is 4.79 Å². The normalized spacial score (nSPS) is 29.0. The predicted molar refractivity (Wildman–Crippen MR) is 72.2 cm³/mol. The fourth-order valence-corrected chi connectivity index (χ4v) is 3.43. The predicted octanol–water partition coefficient (Wildman–Crippen LogP) is 2.88. The van der Waals surface area contributed by atoms with Crippen molar-refractivity contribution in [2.24, 2.45) is 11.8 Å². The van der Waals surface area contributed by atoms with Gasteiger partial charge in [0.1, 0.15) is 5.78 Å². The molecule has 2 unspecified atom stereocenters. The van der Waals surface area contributed by atoms with Crippen LogP contribution in [0.15, 0.2) is 30.3 Å². The monoisotopic (exact) mass is 243 g/mol. The van der Waals surface area contributed by atoms with E-state index in [1.807, 2.05) is 0 Å². The Hall–Kier alpha value is -1.15. The van der Waals surface area contributed by atoms with Gasteiger partial charge in [0.15, 0.2) is 0 Å². The summed E-state index contributed by atoms with van der Waals surface area (Å²) in [6.45, 7) is 2.95. The molecule has 0 amide bonds. The SMILES string of the molecule is O=C1C2CCCCC1CN(Cc1ccccc1)C2. The van der Waals surface area contributed by atoms with Crippen molar-refractivity contribution in [2.45, 2.75) is 32.2 Å². The Labute approximate surface area is 109 Å². The van der Waals surface area contributed by atoms with E-state index in [0.29, 0.717) is 17.6 Å². The number of carbonyl (C=O) groups is 1. The van der Waals surface area contributed by atoms with Gasteiger partial charge in [-0.2, -0.15) is 0 Å². The molecule has 1 heterocycles. The van der Waals surface area contributed by atoms with Gasteiger partial charge >= 0.3 is 0 Å². The first-order chi connectivity index (χ1) is 8.83. The third-order valence-electron chi connectivity index (χ3n) is 4.37. The second-order valence-corrected chi connectivity index (χ2v) is 5.76. The molecule has 0 spiro atoms. The Morgan fingerprint density at radius 3 is 2.22 bits per heavy atom. The average Bonchev–Trinajstić information content (AvgIpc) is 2.50. The molecule has 0 aromatic heterocycles. The van der Waals surface area contributed by atoms with Crippen LogP contribution in [0.4, 0.5) is 0 Å². The van der Waals surface area contributed by atoms with Crippen LogP contribution in [-0.4, -0.2) is 23.8 Å². The maximum absolute atomic E-state index is 12.2. The molecule has 1 saturated heterocycles. The fourth-order valence-electron chi connectivity index (χ4n) is 3.43. The zero-order chi connectivity index (χ0) is 12.4. The van der Waals surface area contributed by atoms with Gasteiger partial charge < -0.3 is 0 Å². The van der Waals surface area contributed by atoms with Crippen LogP contribution in [0.5, 0.6) is 0 Å². The lowest BCUT2D eigenvalue weighted by molar-refractivity contribution is -0.131. The van der Waals surface area contributed by atoms with E-state index in [4.69, 9.17) is 0 Å². The number of hydrogen-bond donors (Lipinski definition) is 0. The van der Waals surface area contributed by atoms with Gasteiger partial charge in [0, 0.05) is 31.5 Å². The molecule has 96 valence electrons. The summed E-state index contributed by atoms with van der Waals surface area (Å²) in [6, 6.07) is 10.6. The Morgan fingerprint density at radius 2 is 1.61 bits per heavy atom. The number of Topliss-reactive ketones (excluding diaryl/α,β-unsaturated/α-hetero) is 1. The van der Waals surface area contributed by atoms with Crippen LogP contribution >= 0.6 is 0 Å². The van der Waals surface area contributed by atoms with Gasteiger partial charge in [-0.15, -0.1) is 0 Å². The first kappa shape index (κ1) is 11.9. The van der Waals surface area contributed by atoms with Gasteiger partial charge in [-0.3, -0.25) is 9.69 Å². The Morgan fingerprint density at radius 1 is 1.00 bits per heavy atom. The lowest BCUT2D eigenvalue weighted by Gasteiger charge is -2.35. The minimum atomic E-state index is 0.315. The van der Waals surface area contributed by atoms with Crippen molar-refractivity contribution in [3.63, 3.8) is 0 Å². The molecular weight excluding hydrogens is 222 g/mol. The summed E-state index contributed by atoms with van der Waals surface area (Å²) in [4.78, 5) is 14.7. The largest absolute Gasteiger partial charge is 0.299 e. The lowest BCUT2D eigenvalue weighted by atomic mass is 9.86. The van der Waals surface area contributed by atoms with Crippen molar-refractivity contribution >= 4 is 5.78 Å². The van der Waals surface area contributed by atoms with Crippen LogP contribution in [-0.2, 0) is 11.3 Å². The highest BCUT2D eigenvalue weighted by Crippen LogP contribution is 2.30. The number of nitrogens with zero attached hydrogens (tertiary/aromatic N) is 1. The topological polar surface area (TPSA) is 20.3 Å². The molecular formula is C16H21NO. The smallest absolute Gasteiger partial charge is 0.141 e. The van der Waals surface area contributed by atoms with E-state index in [2.05, 4.69) is 35.2 Å². The molecule has 3 rings (SSSR count). The molecule has 2 fully saturated rings. The summed E-state index contributed by atoms with van der Waals surface area (Å²) >= 11 is 0. The molecule has 1 aliphatic heterocycles. The minimum absolute atomic E-state index is 0.315. The third kappa shape index (κ3) is 2.49. The van der Waals surface area contributed by atoms with Gasteiger partial charge in [-0.25, -0.2) is 0 Å². The highest BCUT2D eigenvalue weighted by Gasteiger charge is 2.36. The van der Waals surface area contributed by atoms with Gasteiger partial charge in [0.05, 0.1) is 0 Å². The molecule has 0 radical (unpaired) electrons. The Balaban J connectivity index is 1.70. The number of fused-ring (bicyclic) bond motifs is 2. The molecule has 1 saturated carbocycles. The number of likely N-dealkylation sites (tertiary alicyclic amines) is 1. The van der Waals surface area contributed by atoms with Crippen LogP contribution in [0.2, 0.25) is 0 Å². The summed E-state index contributed by atoms with van der Waals surface area (Å²) in [7, 11) is 0. The standard InChI is InChI=1S/C16H21NO/c18-16-14-8-4-5-9-15(16)12-17(11-14)10-13-6-2-1-3-7-13/h1-3,6-7,14-15H,4-5,8-12H2. The van der Waals surface area contributed by atoms with E-state index in [0.717, 1.165) is 32.5 Å². The van der Waals surface area contributed by atoms with E-state index in [1.54, 1.807) is 0 Å². The number of ketones is 1. The fraction of sp³-hybridized carbons (Fsp3) is 0.562. The van der Waals surface area contributed by atoms with Crippen LogP contribution < -0.4 is 0 Å². The molecule has 2 atom stereocenters. The van der Waals surface area contributed by atoms with Crippen molar-refractivity contribution in [1.82, 2.24) is 4.90 Å². The number of rotatable bonds is 2. The summed E-state index contributed by atoms with van der Waals surface area (Å²) < 4.78 is 0. The van der Waals surface area contributed by atoms with Crippen molar-refractivity contribution in [2.75, 3.05) is 13.1 Å². The Bertz CT molecular complexity index is 396. The number of hydrogen-bond acceptors (Lipinski definition) is 2. The van der Waals surface area contributed by atoms with Crippen LogP contribution in [0, 0.1) is 11.8 Å². The van der Waals surface area contributed by atoms with Gasteiger partial charge in [0.25, 0.3) is 0 Å². The first-order valence-electron chi connectivity index (χ1n) is 7.13. The number of benzene rings is 1. The zero-order valence-electron chi connectivity index (χ0n) is 10.8. The molecule has 1 aliphatic carbocycles. The molecule has 0 N–H and O–H groups in total. The van der Waals surface area contributed by atoms with E-state index in [-0.39, 0.29) is 0 Å². The maximum Gasteiger partial charge on any atom is 0.141 e. The highest BCUT2D eigenvalue weighted by atomic mass is 16.1. The number of carbonyl (C=O) groups excluding carboxylic acids is 1. The van der Waals surface area contributed by atoms with Gasteiger partial charge in [-0.05, 0) is 18.4 Å². The summed E-state index contributed by atoms with van der Waals surface area (Å²) in [6.07, 6.45) is 4.71. The lowest BCUT2D eigenvalue weighted by Crippen LogP contribution is -2.45. The second kappa shape index (κ2) is 5.23. The summed E-state index contributed by atoms with van der Waals surface area (Å²) in [5.41, 5.74) is 1.36. The highest BCUT2D eigenvalue weighted by molar-refractivity contribution is 5.84. The molecule has 2 aliphatic rings. The minimum Gasteiger partial charge on any atom is -0.299 e. The molecule has 1 aromatic rings. The van der Waals surface area contributed by atoms with Crippen LogP contribution in [0.3, 0.4) is 0 Å². The van der Waals surface area contributed by atoms with Gasteiger partial charge in [0.2, 0.25) is 0 Å². The first-order valence-corrected chi connectivity index (χ1v) is 7.13. The van der Waals surface area contributed by atoms with E-state index in [1.165, 1.54) is 18.4 Å². The third-order valence-corrected chi connectivity index (χ3v) is 4.37. The van der Waals surface area contributed by atoms with Crippen LogP contribution in [0.1, 0.15) is 31.2 Å². The van der Waals surface area contributed by atoms with Crippen molar-refractivity contribution in [3.05, 3.63) is 35.9 Å². The molecule has 18 heavy (non-hydrogen) atoms. The summed E-state index contributed by atoms with van der Waals surface area (Å²) in [5.74, 6) is 1.18. The van der Waals surface area contributed by atoms with Crippen molar-refractivity contribution in [1.29, 1.82) is 0 Å². The summed E-state index contributed by atoms with van der Waals surface area (Å²) in [5, 5.41) is 0. The van der Waals surface area contributed by atoms with E-state index < -0.39 is 0 Å².